The van der Waals surface area contributed by atoms with Crippen LogP contribution in [0.4, 0.5) is 0 Å². The number of hydrogen-bond donors (Lipinski definition) is 2. The smallest absolute Gasteiger partial charge is 0.126 e. The third-order valence-electron chi connectivity index (χ3n) is 2.24. The van der Waals surface area contributed by atoms with Crippen molar-refractivity contribution in [1.29, 1.82) is 5.41 Å². The van der Waals surface area contributed by atoms with Crippen molar-refractivity contribution in [1.82, 2.24) is 9.78 Å². The van der Waals surface area contributed by atoms with E-state index in [1.165, 1.54) is 0 Å². The Labute approximate surface area is 98.0 Å². The van der Waals surface area contributed by atoms with Crippen LogP contribution < -0.4 is 5.73 Å². The maximum absolute atomic E-state index is 7.65. The van der Waals surface area contributed by atoms with Gasteiger partial charge in [-0.1, -0.05) is 6.07 Å². The molecule has 1 aromatic heterocycles. The van der Waals surface area contributed by atoms with Crippen LogP contribution in [0.1, 0.15) is 5.56 Å². The van der Waals surface area contributed by atoms with Crippen LogP contribution in [0.15, 0.2) is 41.6 Å². The van der Waals surface area contributed by atoms with Gasteiger partial charge in [0.05, 0.1) is 11.3 Å². The average molecular weight is 232 g/mol. The van der Waals surface area contributed by atoms with Gasteiger partial charge in [0.1, 0.15) is 5.84 Å². The summed E-state index contributed by atoms with van der Waals surface area (Å²) in [6.07, 6.45) is 5.51. The third-order valence-corrected chi connectivity index (χ3v) is 3.02. The summed E-state index contributed by atoms with van der Waals surface area (Å²) < 4.78 is 1.72. The molecular weight excluding hydrogens is 220 g/mol. The molecule has 4 nitrogen and oxygen atoms in total. The van der Waals surface area contributed by atoms with Crippen LogP contribution in [0.2, 0.25) is 0 Å². The van der Waals surface area contributed by atoms with E-state index in [1.807, 2.05) is 36.7 Å². The largest absolute Gasteiger partial charge is 0.384 e. The Kier molecular flexibility index (Phi) is 2.96. The Bertz CT molecular complexity index is 505. The first-order valence-corrected chi connectivity index (χ1v) is 5.98. The monoisotopic (exact) mass is 232 g/mol. The lowest BCUT2D eigenvalue weighted by molar-refractivity contribution is 0.874. The molecule has 0 aliphatic carbocycles. The molecule has 0 aliphatic heterocycles. The van der Waals surface area contributed by atoms with Crippen LogP contribution >= 0.6 is 11.8 Å². The van der Waals surface area contributed by atoms with Crippen molar-refractivity contribution in [2.24, 2.45) is 5.73 Å². The van der Waals surface area contributed by atoms with Gasteiger partial charge in [-0.2, -0.15) is 5.10 Å². The number of nitrogens with one attached hydrogen (secondary N) is 1. The highest BCUT2D eigenvalue weighted by molar-refractivity contribution is 7.98. The molecule has 0 unspecified atom stereocenters. The lowest BCUT2D eigenvalue weighted by Crippen LogP contribution is -2.16. The second kappa shape index (κ2) is 4.40. The number of hydrogen-bond acceptors (Lipinski definition) is 3. The second-order valence-electron chi connectivity index (χ2n) is 3.22. The molecule has 0 saturated carbocycles. The first kappa shape index (κ1) is 10.8. The Morgan fingerprint density at radius 1 is 1.44 bits per heavy atom. The molecule has 3 N–H and O–H groups in total. The molecule has 0 aliphatic rings. The van der Waals surface area contributed by atoms with Crippen molar-refractivity contribution in [2.45, 2.75) is 4.90 Å². The lowest BCUT2D eigenvalue weighted by atomic mass is 10.1. The van der Waals surface area contributed by atoms with Gasteiger partial charge >= 0.3 is 0 Å². The van der Waals surface area contributed by atoms with E-state index in [-0.39, 0.29) is 5.84 Å². The Morgan fingerprint density at radius 2 is 2.25 bits per heavy atom. The van der Waals surface area contributed by atoms with Gasteiger partial charge in [0.25, 0.3) is 0 Å². The summed E-state index contributed by atoms with van der Waals surface area (Å²) in [5, 5.41) is 11.8. The number of rotatable bonds is 3. The van der Waals surface area contributed by atoms with Crippen molar-refractivity contribution < 1.29 is 0 Å². The van der Waals surface area contributed by atoms with E-state index < -0.39 is 0 Å². The SMILES string of the molecule is CSc1cccc(-n2cccn2)c1C(=N)N. The van der Waals surface area contributed by atoms with Crippen molar-refractivity contribution in [3.63, 3.8) is 0 Å². The van der Waals surface area contributed by atoms with Gasteiger partial charge in [0, 0.05) is 17.3 Å². The summed E-state index contributed by atoms with van der Waals surface area (Å²) in [6, 6.07) is 7.64. The molecule has 0 saturated heterocycles. The maximum Gasteiger partial charge on any atom is 0.126 e. The number of thioether (sulfide) groups is 1. The standard InChI is InChI=1S/C11H12N4S/c1-16-9-5-2-4-8(10(9)11(12)13)15-7-3-6-14-15/h2-7H,1H3,(H3,12,13). The van der Waals surface area contributed by atoms with Crippen LogP contribution in [-0.2, 0) is 0 Å². The van der Waals surface area contributed by atoms with E-state index in [2.05, 4.69) is 5.10 Å². The van der Waals surface area contributed by atoms with E-state index in [4.69, 9.17) is 11.1 Å². The van der Waals surface area contributed by atoms with Gasteiger partial charge in [-0.15, -0.1) is 11.8 Å². The minimum Gasteiger partial charge on any atom is -0.384 e. The fraction of sp³-hybridized carbons (Fsp3) is 0.0909. The molecule has 1 heterocycles. The first-order chi connectivity index (χ1) is 7.74. The molecule has 5 heteroatoms. The van der Waals surface area contributed by atoms with Gasteiger partial charge in [0.15, 0.2) is 0 Å². The minimum absolute atomic E-state index is 0.0652. The molecule has 2 aromatic rings. The van der Waals surface area contributed by atoms with Gasteiger partial charge in [-0.3, -0.25) is 5.41 Å². The van der Waals surface area contributed by atoms with Crippen molar-refractivity contribution in [2.75, 3.05) is 6.26 Å². The third kappa shape index (κ3) is 1.81. The number of nitrogens with two attached hydrogens (primary N) is 1. The summed E-state index contributed by atoms with van der Waals surface area (Å²) >= 11 is 1.57. The molecule has 0 spiro atoms. The van der Waals surface area contributed by atoms with Gasteiger partial charge in [0.2, 0.25) is 0 Å². The summed E-state index contributed by atoms with van der Waals surface area (Å²) in [7, 11) is 0. The zero-order valence-corrected chi connectivity index (χ0v) is 9.66. The van der Waals surface area contributed by atoms with Crippen molar-refractivity contribution in [3.8, 4) is 5.69 Å². The topological polar surface area (TPSA) is 67.7 Å². The quantitative estimate of drug-likeness (QED) is 0.482. The molecule has 2 rings (SSSR count). The zero-order chi connectivity index (χ0) is 11.5. The van der Waals surface area contributed by atoms with E-state index >= 15 is 0 Å². The maximum atomic E-state index is 7.65. The molecular formula is C11H12N4S. The molecule has 82 valence electrons. The number of benzene rings is 1. The summed E-state index contributed by atoms with van der Waals surface area (Å²) in [6.45, 7) is 0. The van der Waals surface area contributed by atoms with Crippen LogP contribution in [-0.4, -0.2) is 21.9 Å². The Morgan fingerprint density at radius 3 is 2.81 bits per heavy atom. The molecule has 1 aromatic carbocycles. The number of amidine groups is 1. The first-order valence-electron chi connectivity index (χ1n) is 4.75. The van der Waals surface area contributed by atoms with Crippen LogP contribution in [0.25, 0.3) is 5.69 Å². The number of nitrogen functional groups attached to an aromatic ring is 1. The van der Waals surface area contributed by atoms with E-state index in [1.54, 1.807) is 22.6 Å². The molecule has 0 atom stereocenters. The van der Waals surface area contributed by atoms with E-state index in [0.717, 1.165) is 16.1 Å². The number of nitrogens with zero attached hydrogens (tertiary/aromatic N) is 2. The van der Waals surface area contributed by atoms with Crippen molar-refractivity contribution >= 4 is 17.6 Å². The second-order valence-corrected chi connectivity index (χ2v) is 4.07. The predicted octanol–water partition coefficient (Wildman–Crippen LogP) is 1.88. The summed E-state index contributed by atoms with van der Waals surface area (Å²) in [5.41, 5.74) is 7.20. The fourth-order valence-corrected chi connectivity index (χ4v) is 2.20. The predicted molar refractivity (Wildman–Crippen MR) is 66.4 cm³/mol. The highest BCUT2D eigenvalue weighted by Crippen LogP contribution is 2.25. The summed E-state index contributed by atoms with van der Waals surface area (Å²) in [4.78, 5) is 0.987. The number of aromatic nitrogens is 2. The van der Waals surface area contributed by atoms with Crippen LogP contribution in [0.5, 0.6) is 0 Å². The summed E-state index contributed by atoms with van der Waals surface area (Å²) in [5.74, 6) is 0.0652. The molecule has 0 bridgehead atoms. The minimum atomic E-state index is 0.0652. The van der Waals surface area contributed by atoms with Crippen LogP contribution in [0, 0.1) is 5.41 Å². The van der Waals surface area contributed by atoms with Gasteiger partial charge in [-0.05, 0) is 24.5 Å². The Hall–Kier alpha value is -1.75. The molecule has 0 radical (unpaired) electrons. The Balaban J connectivity index is 2.65. The van der Waals surface area contributed by atoms with Gasteiger partial charge in [-0.25, -0.2) is 4.68 Å². The van der Waals surface area contributed by atoms with E-state index in [9.17, 15) is 0 Å². The lowest BCUT2D eigenvalue weighted by Gasteiger charge is -2.11. The zero-order valence-electron chi connectivity index (χ0n) is 8.84. The van der Waals surface area contributed by atoms with Crippen LogP contribution in [0.3, 0.4) is 0 Å². The average Bonchev–Trinajstić information content (AvgIpc) is 2.81. The highest BCUT2D eigenvalue weighted by atomic mass is 32.2. The molecule has 16 heavy (non-hydrogen) atoms. The molecule has 0 amide bonds. The fourth-order valence-electron chi connectivity index (χ4n) is 1.56. The van der Waals surface area contributed by atoms with Gasteiger partial charge < -0.3 is 5.73 Å². The molecule has 0 fully saturated rings. The highest BCUT2D eigenvalue weighted by Gasteiger charge is 2.11. The van der Waals surface area contributed by atoms with E-state index in [0.29, 0.717) is 0 Å². The normalized spacial score (nSPS) is 10.3. The van der Waals surface area contributed by atoms with Crippen molar-refractivity contribution in [3.05, 3.63) is 42.2 Å².